The van der Waals surface area contributed by atoms with E-state index in [1.54, 1.807) is 0 Å². The van der Waals surface area contributed by atoms with Crippen molar-refractivity contribution in [1.82, 2.24) is 0 Å². The van der Waals surface area contributed by atoms with Gasteiger partial charge in [0.1, 0.15) is 12.2 Å². The van der Waals surface area contributed by atoms with Gasteiger partial charge in [-0.1, -0.05) is 12.8 Å². The van der Waals surface area contributed by atoms with Crippen LogP contribution in [-0.4, -0.2) is 61.1 Å². The van der Waals surface area contributed by atoms with Gasteiger partial charge in [-0.3, -0.25) is 14.4 Å². The van der Waals surface area contributed by atoms with Gasteiger partial charge in [-0.15, -0.1) is 0 Å². The Balaban J connectivity index is 0.00000324. The highest BCUT2D eigenvalue weighted by molar-refractivity contribution is 7.86. The van der Waals surface area contributed by atoms with Crippen molar-refractivity contribution in [3.8, 4) is 0 Å². The summed E-state index contributed by atoms with van der Waals surface area (Å²) >= 11 is 0. The maximum Gasteiger partial charge on any atom is 0.364 e. The largest absolute Gasteiger partial charge is 0.743 e. The molecular weight excluding hydrogens is 485 g/mol. The second kappa shape index (κ2) is 9.56. The summed E-state index contributed by atoms with van der Waals surface area (Å²) in [6.45, 7) is -0.880. The van der Waals surface area contributed by atoms with Crippen molar-refractivity contribution in [3.05, 3.63) is 7.43 Å². The minimum atomic E-state index is -6.21. The molecule has 0 radical (unpaired) electrons. The Morgan fingerprint density at radius 2 is 1.76 bits per heavy atom. The van der Waals surface area contributed by atoms with E-state index in [9.17, 15) is 40.5 Å². The van der Waals surface area contributed by atoms with Gasteiger partial charge in [-0.25, -0.2) is 12.8 Å². The van der Waals surface area contributed by atoms with Crippen LogP contribution in [0.2, 0.25) is 0 Å². The molecule has 9 nitrogen and oxygen atoms in total. The zero-order valence-electron chi connectivity index (χ0n) is 18.5. The molecule has 1 heterocycles. The number of carbonyl (C=O) groups excluding carboxylic acids is 3. The van der Waals surface area contributed by atoms with Gasteiger partial charge in [0.2, 0.25) is 0 Å². The lowest BCUT2D eigenvalue weighted by Crippen LogP contribution is -2.41. The predicted molar refractivity (Wildman–Crippen MR) is 106 cm³/mol. The molecule has 0 aromatic heterocycles. The number of hydrogen-bond acceptors (Lipinski definition) is 9. The van der Waals surface area contributed by atoms with Crippen molar-refractivity contribution in [2.75, 3.05) is 6.61 Å². The van der Waals surface area contributed by atoms with Crippen molar-refractivity contribution in [2.24, 2.45) is 29.6 Å². The summed E-state index contributed by atoms with van der Waals surface area (Å²) in [6, 6.07) is 0. The van der Waals surface area contributed by atoms with Gasteiger partial charge >= 0.3 is 23.2 Å². The highest BCUT2D eigenvalue weighted by atomic mass is 32.2. The zero-order chi connectivity index (χ0) is 24.1. The fraction of sp³-hybridized carbons (Fsp3) is 0.810. The van der Waals surface area contributed by atoms with E-state index in [2.05, 4.69) is 0 Å². The number of esters is 3. The van der Waals surface area contributed by atoms with Gasteiger partial charge in [0.25, 0.3) is 0 Å². The van der Waals surface area contributed by atoms with Crippen molar-refractivity contribution < 1.29 is 54.7 Å². The Bertz CT molecular complexity index is 924. The number of carbonyl (C=O) groups is 3. The Morgan fingerprint density at radius 1 is 1.15 bits per heavy atom. The number of rotatable bonds is 8. The maximum atomic E-state index is 13.5. The van der Waals surface area contributed by atoms with Crippen LogP contribution in [-0.2, 0) is 38.7 Å². The summed E-state index contributed by atoms with van der Waals surface area (Å²) in [6.07, 6.45) is -2.35. The normalized spacial score (nSPS) is 35.3. The molecule has 34 heavy (non-hydrogen) atoms. The third kappa shape index (κ3) is 4.60. The summed E-state index contributed by atoms with van der Waals surface area (Å²) in [5.41, 5.74) is 0. The second-order valence-electron chi connectivity index (χ2n) is 9.24. The third-order valence-electron chi connectivity index (χ3n) is 7.35. The summed E-state index contributed by atoms with van der Waals surface area (Å²) in [7, 11) is -6.21. The van der Waals surface area contributed by atoms with Crippen molar-refractivity contribution in [1.29, 1.82) is 0 Å². The average Bonchev–Trinajstić information content (AvgIpc) is 3.38. The molecule has 8 atom stereocenters. The average molecular weight is 512 g/mol. The van der Waals surface area contributed by atoms with E-state index in [-0.39, 0.29) is 37.6 Å². The van der Waals surface area contributed by atoms with Crippen LogP contribution in [0.1, 0.15) is 44.9 Å². The third-order valence-corrected chi connectivity index (χ3v) is 8.27. The smallest absolute Gasteiger partial charge is 0.364 e. The molecule has 8 unspecified atom stereocenters. The molecule has 13 heteroatoms. The Morgan fingerprint density at radius 3 is 2.38 bits per heavy atom. The molecule has 3 saturated carbocycles. The molecule has 192 valence electrons. The van der Waals surface area contributed by atoms with Crippen LogP contribution >= 0.6 is 0 Å². The van der Waals surface area contributed by atoms with Crippen molar-refractivity contribution in [3.63, 3.8) is 0 Å². The Labute approximate surface area is 195 Å². The molecule has 0 amide bonds. The van der Waals surface area contributed by atoms with Crippen molar-refractivity contribution >= 4 is 28.0 Å². The highest BCUT2D eigenvalue weighted by Crippen LogP contribution is 2.55. The molecule has 3 aliphatic carbocycles. The van der Waals surface area contributed by atoms with E-state index in [1.807, 2.05) is 0 Å². The summed E-state index contributed by atoms with van der Waals surface area (Å²) in [4.78, 5) is 37.3. The van der Waals surface area contributed by atoms with E-state index >= 15 is 0 Å². The first-order valence-corrected chi connectivity index (χ1v) is 12.4. The quantitative estimate of drug-likeness (QED) is 0.207. The number of alkyl halides is 3. The van der Waals surface area contributed by atoms with Gasteiger partial charge in [0, 0.05) is 25.7 Å². The molecule has 0 aromatic carbocycles. The van der Waals surface area contributed by atoms with Gasteiger partial charge in [0.05, 0.1) is 24.4 Å². The lowest BCUT2D eigenvalue weighted by molar-refractivity contribution is -0.173. The first kappa shape index (κ1) is 26.6. The van der Waals surface area contributed by atoms with Crippen LogP contribution in [0.15, 0.2) is 0 Å². The van der Waals surface area contributed by atoms with Gasteiger partial charge in [-0.05, 0) is 25.7 Å². The molecular formula is C21H27F3O9S. The minimum absolute atomic E-state index is 0. The lowest BCUT2D eigenvalue weighted by atomic mass is 9.79. The molecule has 1 saturated heterocycles. The SMILES string of the molecule is O=C(OCCC(F)C(F)(F)S(=O)(=O)[O-])C1CCCCC1C(=O)OC1C2CC3C(=O)OC1C3C2.[CH3+]. The van der Waals surface area contributed by atoms with Gasteiger partial charge in [-0.2, -0.15) is 8.78 Å². The zero-order valence-corrected chi connectivity index (χ0v) is 19.3. The van der Waals surface area contributed by atoms with Gasteiger partial charge in [0.15, 0.2) is 16.3 Å². The molecule has 4 aliphatic rings. The van der Waals surface area contributed by atoms with Crippen LogP contribution in [0.25, 0.3) is 0 Å². The molecule has 1 aliphatic heterocycles. The number of ether oxygens (including phenoxy) is 3. The highest BCUT2D eigenvalue weighted by Gasteiger charge is 2.63. The van der Waals surface area contributed by atoms with Crippen LogP contribution in [0.3, 0.4) is 0 Å². The Hall–Kier alpha value is -2.02. The fourth-order valence-electron chi connectivity index (χ4n) is 5.68. The first-order valence-electron chi connectivity index (χ1n) is 11.0. The fourth-order valence-corrected chi connectivity index (χ4v) is 6.11. The first-order chi connectivity index (χ1) is 15.4. The van der Waals surface area contributed by atoms with E-state index in [0.29, 0.717) is 25.7 Å². The molecule has 0 aromatic rings. The summed E-state index contributed by atoms with van der Waals surface area (Å²) in [5, 5.41) is -5.14. The number of hydrogen-bond donors (Lipinski definition) is 0. The monoisotopic (exact) mass is 512 g/mol. The predicted octanol–water partition coefficient (Wildman–Crippen LogP) is 2.15. The van der Waals surface area contributed by atoms with E-state index in [0.717, 1.165) is 6.42 Å². The second-order valence-corrected chi connectivity index (χ2v) is 10.7. The number of fused-ring (bicyclic) bond motifs is 1. The van der Waals surface area contributed by atoms with Crippen LogP contribution in [0, 0.1) is 37.0 Å². The van der Waals surface area contributed by atoms with E-state index in [1.165, 1.54) is 0 Å². The molecule has 0 spiro atoms. The Kier molecular flexibility index (Phi) is 7.47. The van der Waals surface area contributed by atoms with E-state index in [4.69, 9.17) is 14.2 Å². The lowest BCUT2D eigenvalue weighted by Gasteiger charge is -2.32. The maximum absolute atomic E-state index is 13.5. The molecule has 4 rings (SSSR count). The topological polar surface area (TPSA) is 136 Å². The van der Waals surface area contributed by atoms with Crippen LogP contribution in [0.5, 0.6) is 0 Å². The van der Waals surface area contributed by atoms with Crippen molar-refractivity contribution in [2.45, 2.75) is 68.6 Å². The standard InChI is InChI=1S/C20H25F3O9S.CH3/c21-14(20(22,23)33(27,28)29)5-6-30-17(24)10-3-1-2-4-11(10)18(25)31-15-9-7-12-13(8-9)19(26)32-16(12)15;/h9-16H,1-8H2,(H,27,28,29);1H3/q;+1/p-1. The van der Waals surface area contributed by atoms with Crippen LogP contribution < -0.4 is 0 Å². The van der Waals surface area contributed by atoms with Crippen LogP contribution in [0.4, 0.5) is 13.2 Å². The molecule has 2 bridgehead atoms. The minimum Gasteiger partial charge on any atom is -0.743 e. The van der Waals surface area contributed by atoms with E-state index < -0.39 is 70.6 Å². The number of halogens is 3. The summed E-state index contributed by atoms with van der Waals surface area (Å²) < 4.78 is 87.3. The molecule has 0 N–H and O–H groups in total. The summed E-state index contributed by atoms with van der Waals surface area (Å²) in [5.74, 6) is -3.65. The van der Waals surface area contributed by atoms with Gasteiger partial charge < -0.3 is 18.8 Å². The molecule has 4 fully saturated rings.